The van der Waals surface area contributed by atoms with Gasteiger partial charge in [-0.1, -0.05) is 12.1 Å². The molecule has 0 aromatic heterocycles. The molecular formula is C16H14F2N2O4. The lowest BCUT2D eigenvalue weighted by atomic mass is 10.1. The van der Waals surface area contributed by atoms with Crippen LogP contribution in [0.25, 0.3) is 0 Å². The Morgan fingerprint density at radius 1 is 1.33 bits per heavy atom. The molecule has 2 aromatic carbocycles. The third-order valence-corrected chi connectivity index (χ3v) is 3.96. The Bertz CT molecular complexity index is 783. The van der Waals surface area contributed by atoms with Gasteiger partial charge in [0.05, 0.1) is 11.0 Å². The van der Waals surface area contributed by atoms with Crippen molar-refractivity contribution in [3.63, 3.8) is 0 Å². The molecule has 0 fully saturated rings. The Hall–Kier alpha value is -2.90. The summed E-state index contributed by atoms with van der Waals surface area (Å²) in [5, 5.41) is 23.9. The molecule has 3 rings (SSSR count). The zero-order chi connectivity index (χ0) is 17.3. The van der Waals surface area contributed by atoms with Crippen LogP contribution in [0.2, 0.25) is 0 Å². The normalized spacial score (nSPS) is 16.0. The fourth-order valence-corrected chi connectivity index (χ4v) is 2.93. The van der Waals surface area contributed by atoms with Gasteiger partial charge in [-0.2, -0.15) is 8.78 Å². The van der Waals surface area contributed by atoms with E-state index in [1.807, 2.05) is 6.07 Å². The highest BCUT2D eigenvalue weighted by Gasteiger charge is 2.25. The van der Waals surface area contributed by atoms with Gasteiger partial charge in [0.2, 0.25) is 5.75 Å². The lowest BCUT2D eigenvalue weighted by molar-refractivity contribution is -0.386. The number of benzene rings is 2. The van der Waals surface area contributed by atoms with E-state index in [1.54, 1.807) is 12.1 Å². The summed E-state index contributed by atoms with van der Waals surface area (Å²) >= 11 is 0. The van der Waals surface area contributed by atoms with Gasteiger partial charge in [-0.3, -0.25) is 10.1 Å². The van der Waals surface area contributed by atoms with Gasteiger partial charge in [0, 0.05) is 17.8 Å². The molecule has 1 aliphatic rings. The molecule has 0 aliphatic heterocycles. The van der Waals surface area contributed by atoms with Crippen molar-refractivity contribution in [3.05, 3.63) is 57.6 Å². The summed E-state index contributed by atoms with van der Waals surface area (Å²) < 4.78 is 29.1. The minimum absolute atomic E-state index is 0.118. The maximum atomic E-state index is 12.4. The van der Waals surface area contributed by atoms with Crippen LogP contribution in [-0.4, -0.2) is 16.6 Å². The molecular weight excluding hydrogens is 322 g/mol. The SMILES string of the molecule is O=[N+]([O-])c1ccc(NC2CCc3c(O)cccc32)cc1OC(F)F. The van der Waals surface area contributed by atoms with Gasteiger partial charge >= 0.3 is 12.3 Å². The molecule has 0 radical (unpaired) electrons. The number of anilines is 1. The van der Waals surface area contributed by atoms with Crippen molar-refractivity contribution in [2.45, 2.75) is 25.5 Å². The van der Waals surface area contributed by atoms with Crippen molar-refractivity contribution >= 4 is 11.4 Å². The molecule has 0 heterocycles. The fourth-order valence-electron chi connectivity index (χ4n) is 2.93. The van der Waals surface area contributed by atoms with Crippen LogP contribution in [0.4, 0.5) is 20.2 Å². The van der Waals surface area contributed by atoms with Crippen molar-refractivity contribution in [2.24, 2.45) is 0 Å². The average molecular weight is 336 g/mol. The van der Waals surface area contributed by atoms with Crippen LogP contribution in [0.1, 0.15) is 23.6 Å². The first kappa shape index (κ1) is 16.0. The minimum Gasteiger partial charge on any atom is -0.508 e. The van der Waals surface area contributed by atoms with Crippen molar-refractivity contribution in [1.29, 1.82) is 0 Å². The number of hydrogen-bond acceptors (Lipinski definition) is 5. The van der Waals surface area contributed by atoms with E-state index in [0.717, 1.165) is 23.6 Å². The Balaban J connectivity index is 1.87. The van der Waals surface area contributed by atoms with Gasteiger partial charge in [-0.05, 0) is 36.1 Å². The number of rotatable bonds is 5. The summed E-state index contributed by atoms with van der Waals surface area (Å²) in [5.41, 5.74) is 1.67. The maximum absolute atomic E-state index is 12.4. The van der Waals surface area contributed by atoms with Gasteiger partial charge in [-0.15, -0.1) is 0 Å². The summed E-state index contributed by atoms with van der Waals surface area (Å²) in [4.78, 5) is 10.1. The monoisotopic (exact) mass is 336 g/mol. The zero-order valence-corrected chi connectivity index (χ0v) is 12.4. The standard InChI is InChI=1S/C16H14F2N2O4/c17-16(18)24-15-8-9(4-7-13(15)20(22)23)19-12-6-5-11-10(12)2-1-3-14(11)21/h1-4,7-8,12,16,19,21H,5-6H2. The van der Waals surface area contributed by atoms with Gasteiger partial charge < -0.3 is 15.2 Å². The van der Waals surface area contributed by atoms with E-state index in [9.17, 15) is 24.0 Å². The number of aromatic hydroxyl groups is 1. The highest BCUT2D eigenvalue weighted by Crippen LogP contribution is 2.39. The molecule has 8 heteroatoms. The number of nitro benzene ring substituents is 1. The zero-order valence-electron chi connectivity index (χ0n) is 12.4. The van der Waals surface area contributed by atoms with Crippen LogP contribution in [0, 0.1) is 10.1 Å². The van der Waals surface area contributed by atoms with E-state index in [2.05, 4.69) is 10.1 Å². The average Bonchev–Trinajstić information content (AvgIpc) is 2.91. The van der Waals surface area contributed by atoms with E-state index in [1.165, 1.54) is 12.1 Å². The molecule has 6 nitrogen and oxygen atoms in total. The highest BCUT2D eigenvalue weighted by molar-refractivity contribution is 5.59. The number of ether oxygens (including phenoxy) is 1. The topological polar surface area (TPSA) is 84.6 Å². The number of phenolic OH excluding ortho intramolecular Hbond substituents is 1. The molecule has 1 aliphatic carbocycles. The predicted octanol–water partition coefficient (Wildman–Crippen LogP) is 4.00. The molecule has 1 unspecified atom stereocenters. The second kappa shape index (κ2) is 6.31. The van der Waals surface area contributed by atoms with Crippen LogP contribution in [0.5, 0.6) is 11.5 Å². The van der Waals surface area contributed by atoms with Crippen molar-refractivity contribution < 1.29 is 23.5 Å². The summed E-state index contributed by atoms with van der Waals surface area (Å²) in [6.45, 7) is -3.15. The molecule has 2 N–H and O–H groups in total. The van der Waals surface area contributed by atoms with Crippen molar-refractivity contribution in [3.8, 4) is 11.5 Å². The predicted molar refractivity (Wildman–Crippen MR) is 82.5 cm³/mol. The van der Waals surface area contributed by atoms with Crippen LogP contribution in [-0.2, 0) is 6.42 Å². The van der Waals surface area contributed by atoms with E-state index in [-0.39, 0.29) is 11.8 Å². The minimum atomic E-state index is -3.15. The number of phenols is 1. The summed E-state index contributed by atoms with van der Waals surface area (Å²) in [6.07, 6.45) is 1.40. The van der Waals surface area contributed by atoms with Gasteiger partial charge in [0.15, 0.2) is 0 Å². The van der Waals surface area contributed by atoms with E-state index < -0.39 is 23.0 Å². The van der Waals surface area contributed by atoms with Gasteiger partial charge in [0.25, 0.3) is 0 Å². The van der Waals surface area contributed by atoms with E-state index in [4.69, 9.17) is 0 Å². The third kappa shape index (κ3) is 3.08. The first-order valence-electron chi connectivity index (χ1n) is 7.26. The number of nitrogens with zero attached hydrogens (tertiary/aromatic N) is 1. The molecule has 0 spiro atoms. The highest BCUT2D eigenvalue weighted by atomic mass is 19.3. The quantitative estimate of drug-likeness (QED) is 0.637. The van der Waals surface area contributed by atoms with Gasteiger partial charge in [0.1, 0.15) is 5.75 Å². The van der Waals surface area contributed by atoms with E-state index >= 15 is 0 Å². The van der Waals surface area contributed by atoms with Crippen LogP contribution < -0.4 is 10.1 Å². The first-order chi connectivity index (χ1) is 11.5. The summed E-state index contributed by atoms with van der Waals surface area (Å²) in [7, 11) is 0. The fraction of sp³-hybridized carbons (Fsp3) is 0.250. The Morgan fingerprint density at radius 2 is 2.12 bits per heavy atom. The number of nitrogens with one attached hydrogen (secondary N) is 1. The smallest absolute Gasteiger partial charge is 0.387 e. The largest absolute Gasteiger partial charge is 0.508 e. The Morgan fingerprint density at radius 3 is 2.83 bits per heavy atom. The lowest BCUT2D eigenvalue weighted by Crippen LogP contribution is -2.09. The van der Waals surface area contributed by atoms with Crippen molar-refractivity contribution in [1.82, 2.24) is 0 Å². The second-order valence-electron chi connectivity index (χ2n) is 5.40. The Labute approximate surface area is 135 Å². The Kier molecular flexibility index (Phi) is 4.20. The van der Waals surface area contributed by atoms with Crippen LogP contribution in [0.15, 0.2) is 36.4 Å². The summed E-state index contributed by atoms with van der Waals surface area (Å²) in [5.74, 6) is -0.267. The number of halogens is 2. The maximum Gasteiger partial charge on any atom is 0.387 e. The summed E-state index contributed by atoms with van der Waals surface area (Å²) in [6, 6.07) is 8.85. The number of fused-ring (bicyclic) bond motifs is 1. The molecule has 0 saturated carbocycles. The number of hydrogen-bond donors (Lipinski definition) is 2. The van der Waals surface area contributed by atoms with Crippen LogP contribution >= 0.6 is 0 Å². The molecule has 1 atom stereocenters. The molecule has 0 saturated heterocycles. The van der Waals surface area contributed by atoms with Gasteiger partial charge in [-0.25, -0.2) is 0 Å². The molecule has 126 valence electrons. The molecule has 0 amide bonds. The lowest BCUT2D eigenvalue weighted by Gasteiger charge is -2.16. The molecule has 2 aromatic rings. The van der Waals surface area contributed by atoms with Crippen LogP contribution in [0.3, 0.4) is 0 Å². The molecule has 0 bridgehead atoms. The van der Waals surface area contributed by atoms with E-state index in [0.29, 0.717) is 12.1 Å². The van der Waals surface area contributed by atoms with Crippen molar-refractivity contribution in [2.75, 3.05) is 5.32 Å². The third-order valence-electron chi connectivity index (χ3n) is 3.96. The second-order valence-corrected chi connectivity index (χ2v) is 5.40. The number of nitro groups is 1. The first-order valence-corrected chi connectivity index (χ1v) is 7.26. The molecule has 24 heavy (non-hydrogen) atoms. The number of alkyl halides is 2.